The molecule has 0 atom stereocenters. The van der Waals surface area contributed by atoms with Crippen LogP contribution < -0.4 is 24.8 Å². The highest BCUT2D eigenvalue weighted by molar-refractivity contribution is 7.92. The molecule has 3 rings (SSSR count). The maximum atomic E-state index is 12.6. The first-order valence-electron chi connectivity index (χ1n) is 8.45. The quantitative estimate of drug-likeness (QED) is 0.694. The average molecular weight is 391 g/mol. The van der Waals surface area contributed by atoms with Crippen molar-refractivity contribution in [1.29, 1.82) is 0 Å². The molecule has 0 saturated carbocycles. The molecule has 0 fully saturated rings. The molecule has 1 amide bonds. The van der Waals surface area contributed by atoms with Gasteiger partial charge >= 0.3 is 0 Å². The van der Waals surface area contributed by atoms with Crippen LogP contribution in [0.1, 0.15) is 6.42 Å². The van der Waals surface area contributed by atoms with Gasteiger partial charge in [0.15, 0.2) is 11.5 Å². The van der Waals surface area contributed by atoms with Crippen molar-refractivity contribution < 1.29 is 22.7 Å². The van der Waals surface area contributed by atoms with Crippen LogP contribution in [0.2, 0.25) is 0 Å². The predicted molar refractivity (Wildman–Crippen MR) is 102 cm³/mol. The maximum Gasteiger partial charge on any atom is 0.262 e. The second-order valence-electron chi connectivity index (χ2n) is 5.92. The number of likely N-dealkylation sites (N-methyl/N-ethyl adjacent to an activating group) is 1. The summed E-state index contributed by atoms with van der Waals surface area (Å²) in [5.74, 6) is 0.768. The highest BCUT2D eigenvalue weighted by atomic mass is 32.2. The van der Waals surface area contributed by atoms with Crippen LogP contribution in [0.4, 0.5) is 11.4 Å². The molecule has 8 nitrogen and oxygen atoms in total. The number of rotatable bonds is 6. The Hall–Kier alpha value is -2.78. The van der Waals surface area contributed by atoms with Crippen LogP contribution in [0.5, 0.6) is 11.5 Å². The van der Waals surface area contributed by atoms with Gasteiger partial charge in [-0.3, -0.25) is 9.52 Å². The Morgan fingerprint density at radius 2 is 1.67 bits per heavy atom. The lowest BCUT2D eigenvalue weighted by atomic mass is 10.3. The lowest BCUT2D eigenvalue weighted by molar-refractivity contribution is -0.115. The minimum Gasteiger partial charge on any atom is -0.490 e. The zero-order valence-corrected chi connectivity index (χ0v) is 15.6. The van der Waals surface area contributed by atoms with Gasteiger partial charge in [0.2, 0.25) is 5.91 Å². The SMILES string of the molecule is CNCC(=O)Nc1ccc(NS(=O)(=O)c2ccc3c(c2)OCCCO3)cc1. The molecule has 2 aromatic carbocycles. The van der Waals surface area contributed by atoms with Crippen molar-refractivity contribution in [3.8, 4) is 11.5 Å². The van der Waals surface area contributed by atoms with E-state index in [0.717, 1.165) is 6.42 Å². The Bertz CT molecular complexity index is 913. The van der Waals surface area contributed by atoms with Crippen molar-refractivity contribution in [3.63, 3.8) is 0 Å². The van der Waals surface area contributed by atoms with E-state index in [2.05, 4.69) is 15.4 Å². The Morgan fingerprint density at radius 3 is 2.37 bits per heavy atom. The smallest absolute Gasteiger partial charge is 0.262 e. The maximum absolute atomic E-state index is 12.6. The van der Waals surface area contributed by atoms with Crippen LogP contribution >= 0.6 is 0 Å². The molecule has 1 aliphatic heterocycles. The number of carbonyl (C=O) groups excluding carboxylic acids is 1. The van der Waals surface area contributed by atoms with Gasteiger partial charge < -0.3 is 20.1 Å². The van der Waals surface area contributed by atoms with Gasteiger partial charge in [-0.25, -0.2) is 8.42 Å². The second kappa shape index (κ2) is 8.28. The lowest BCUT2D eigenvalue weighted by Gasteiger charge is -2.12. The molecule has 9 heteroatoms. The summed E-state index contributed by atoms with van der Waals surface area (Å²) in [6, 6.07) is 10.9. The number of fused-ring (bicyclic) bond motifs is 1. The second-order valence-corrected chi connectivity index (χ2v) is 7.60. The number of nitrogens with one attached hydrogen (secondary N) is 3. The number of ether oxygens (including phenoxy) is 2. The van der Waals surface area contributed by atoms with Gasteiger partial charge in [0.1, 0.15) is 0 Å². The van der Waals surface area contributed by atoms with Crippen molar-refractivity contribution in [2.45, 2.75) is 11.3 Å². The summed E-state index contributed by atoms with van der Waals surface area (Å²) < 4.78 is 38.8. The topological polar surface area (TPSA) is 106 Å². The highest BCUT2D eigenvalue weighted by Crippen LogP contribution is 2.32. The Morgan fingerprint density at radius 1 is 1.00 bits per heavy atom. The molecule has 1 heterocycles. The fourth-order valence-electron chi connectivity index (χ4n) is 2.51. The summed E-state index contributed by atoms with van der Waals surface area (Å²) in [4.78, 5) is 11.6. The third-order valence-corrected chi connectivity index (χ3v) is 5.17. The molecule has 0 radical (unpaired) electrons. The van der Waals surface area contributed by atoms with E-state index in [1.54, 1.807) is 37.4 Å². The van der Waals surface area contributed by atoms with Crippen LogP contribution in [0.3, 0.4) is 0 Å². The number of carbonyl (C=O) groups is 1. The molecule has 0 unspecified atom stereocenters. The van der Waals surface area contributed by atoms with E-state index in [-0.39, 0.29) is 17.3 Å². The first-order valence-corrected chi connectivity index (χ1v) is 9.93. The molecule has 0 saturated heterocycles. The van der Waals surface area contributed by atoms with Crippen molar-refractivity contribution in [1.82, 2.24) is 5.32 Å². The largest absolute Gasteiger partial charge is 0.490 e. The van der Waals surface area contributed by atoms with E-state index in [4.69, 9.17) is 9.47 Å². The number of hydrogen-bond donors (Lipinski definition) is 3. The number of benzene rings is 2. The van der Waals surface area contributed by atoms with E-state index in [1.165, 1.54) is 12.1 Å². The van der Waals surface area contributed by atoms with E-state index >= 15 is 0 Å². The molecular formula is C18H21N3O5S. The van der Waals surface area contributed by atoms with E-state index in [1.807, 2.05) is 0 Å². The van der Waals surface area contributed by atoms with E-state index in [9.17, 15) is 13.2 Å². The monoisotopic (exact) mass is 391 g/mol. The van der Waals surface area contributed by atoms with Crippen LogP contribution in [-0.2, 0) is 14.8 Å². The van der Waals surface area contributed by atoms with Crippen molar-refractivity contribution in [2.24, 2.45) is 0 Å². The fourth-order valence-corrected chi connectivity index (χ4v) is 3.59. The number of sulfonamides is 1. The normalized spacial score (nSPS) is 13.5. The molecule has 144 valence electrons. The average Bonchev–Trinajstić information content (AvgIpc) is 2.88. The van der Waals surface area contributed by atoms with Gasteiger partial charge in [0.05, 0.1) is 24.7 Å². The summed E-state index contributed by atoms with van der Waals surface area (Å²) in [6.45, 7) is 1.21. The first kappa shape index (κ1) is 19.0. The Balaban J connectivity index is 1.73. The molecule has 0 aromatic heterocycles. The zero-order valence-electron chi connectivity index (χ0n) is 14.8. The number of amides is 1. The van der Waals surface area contributed by atoms with Gasteiger partial charge in [-0.05, 0) is 43.4 Å². The van der Waals surface area contributed by atoms with Crippen molar-refractivity contribution in [3.05, 3.63) is 42.5 Å². The minimum atomic E-state index is -3.79. The zero-order chi connectivity index (χ0) is 19.3. The highest BCUT2D eigenvalue weighted by Gasteiger charge is 2.19. The lowest BCUT2D eigenvalue weighted by Crippen LogP contribution is -2.25. The number of hydrogen-bond acceptors (Lipinski definition) is 6. The standard InChI is InChI=1S/C18H21N3O5S/c1-19-12-18(22)20-13-3-5-14(6-4-13)21-27(23,24)15-7-8-16-17(11-15)26-10-2-9-25-16/h3-8,11,19,21H,2,9-10,12H2,1H3,(H,20,22). The van der Waals surface area contributed by atoms with Crippen LogP contribution in [0.25, 0.3) is 0 Å². The number of anilines is 2. The molecule has 2 aromatic rings. The molecular weight excluding hydrogens is 370 g/mol. The van der Waals surface area contributed by atoms with Crippen molar-refractivity contribution >= 4 is 27.3 Å². The van der Waals surface area contributed by atoms with E-state index in [0.29, 0.717) is 36.1 Å². The molecule has 0 bridgehead atoms. The van der Waals surface area contributed by atoms with Gasteiger partial charge in [0.25, 0.3) is 10.0 Å². The summed E-state index contributed by atoms with van der Waals surface area (Å²) in [6.07, 6.45) is 0.742. The Labute approximate surface area is 157 Å². The molecule has 0 spiro atoms. The third kappa shape index (κ3) is 4.89. The first-order chi connectivity index (χ1) is 13.0. The summed E-state index contributed by atoms with van der Waals surface area (Å²) in [7, 11) is -2.11. The van der Waals surface area contributed by atoms with Gasteiger partial charge in [-0.2, -0.15) is 0 Å². The summed E-state index contributed by atoms with van der Waals surface area (Å²) in [5, 5.41) is 5.45. The molecule has 27 heavy (non-hydrogen) atoms. The van der Waals surface area contributed by atoms with Crippen LogP contribution in [-0.4, -0.2) is 41.1 Å². The molecule has 0 aliphatic carbocycles. The third-order valence-electron chi connectivity index (χ3n) is 3.79. The molecule has 1 aliphatic rings. The summed E-state index contributed by atoms with van der Waals surface area (Å²) in [5.41, 5.74) is 0.961. The fraction of sp³-hybridized carbons (Fsp3) is 0.278. The van der Waals surface area contributed by atoms with Crippen molar-refractivity contribution in [2.75, 3.05) is 36.8 Å². The minimum absolute atomic E-state index is 0.0816. The predicted octanol–water partition coefficient (Wildman–Crippen LogP) is 1.81. The van der Waals surface area contributed by atoms with Gasteiger partial charge in [-0.1, -0.05) is 0 Å². The Kier molecular flexibility index (Phi) is 5.82. The molecule has 3 N–H and O–H groups in total. The van der Waals surface area contributed by atoms with Crippen LogP contribution in [0.15, 0.2) is 47.4 Å². The van der Waals surface area contributed by atoms with E-state index < -0.39 is 10.0 Å². The van der Waals surface area contributed by atoms with Gasteiger partial charge in [0, 0.05) is 23.9 Å². The van der Waals surface area contributed by atoms with Gasteiger partial charge in [-0.15, -0.1) is 0 Å². The van der Waals surface area contributed by atoms with Crippen LogP contribution in [0, 0.1) is 0 Å². The summed E-state index contributed by atoms with van der Waals surface area (Å²) >= 11 is 0.